The third-order valence-electron chi connectivity index (χ3n) is 10.2. The summed E-state index contributed by atoms with van der Waals surface area (Å²) in [7, 11) is 0. The number of pyridine rings is 2. The molecule has 45 heavy (non-hydrogen) atoms. The number of nitrogens with zero attached hydrogens (tertiary/aromatic N) is 7. The number of aliphatic hydroxyl groups excluding tert-OH is 1. The molecule has 5 aliphatic rings. The maximum Gasteiger partial charge on any atom is 0.256 e. The lowest BCUT2D eigenvalue weighted by Crippen LogP contribution is -2.71. The van der Waals surface area contributed by atoms with Gasteiger partial charge in [-0.15, -0.1) is 0 Å². The van der Waals surface area contributed by atoms with Gasteiger partial charge >= 0.3 is 0 Å². The van der Waals surface area contributed by atoms with Gasteiger partial charge in [-0.1, -0.05) is 30.3 Å². The van der Waals surface area contributed by atoms with Crippen LogP contribution >= 0.6 is 0 Å². The van der Waals surface area contributed by atoms with E-state index in [0.29, 0.717) is 47.5 Å². The standard InChI is InChI=1S/C34H36N8O3/c35-14-24-16-38-41-19-27(45-11-10-39-20-29(36)34(21-39)8-9-34)13-28(31(24)41)23-6-7-30(37-15-23)40-17-25-12-26(18-40)42(25)33(44)32(43)22-4-2-1-3-5-22/h1-7,13,15-16,19,25-26,29,32,43H,8-12,17-18,20-21,36H2/t25?,26?,29?,32-/m0/s1. The van der Waals surface area contributed by atoms with E-state index in [1.807, 2.05) is 53.7 Å². The maximum absolute atomic E-state index is 13.1. The first-order chi connectivity index (χ1) is 21.9. The van der Waals surface area contributed by atoms with Crippen molar-refractivity contribution >= 4 is 17.2 Å². The van der Waals surface area contributed by atoms with Crippen molar-refractivity contribution < 1.29 is 14.6 Å². The van der Waals surface area contributed by atoms with Crippen molar-refractivity contribution in [3.8, 4) is 22.9 Å². The lowest BCUT2D eigenvalue weighted by Gasteiger charge is -2.57. The second-order valence-corrected chi connectivity index (χ2v) is 13.0. The summed E-state index contributed by atoms with van der Waals surface area (Å²) in [5.74, 6) is 1.28. The lowest BCUT2D eigenvalue weighted by molar-refractivity contribution is -0.156. The molecule has 1 saturated carbocycles. The van der Waals surface area contributed by atoms with E-state index in [-0.39, 0.29) is 24.0 Å². The predicted molar refractivity (Wildman–Crippen MR) is 167 cm³/mol. The molecule has 3 aromatic heterocycles. The predicted octanol–water partition coefficient (Wildman–Crippen LogP) is 2.59. The van der Waals surface area contributed by atoms with E-state index >= 15 is 0 Å². The highest BCUT2D eigenvalue weighted by molar-refractivity contribution is 5.86. The van der Waals surface area contributed by atoms with E-state index in [9.17, 15) is 15.2 Å². The SMILES string of the molecule is N#Cc1cnn2cc(OCCN3CC(N)C4(CC4)C3)cc(-c3ccc(N4CC5CC(C4)N5C(=O)[C@@H](O)c4ccccc4)nc3)c12. The smallest absolute Gasteiger partial charge is 0.256 e. The Labute approximate surface area is 261 Å². The Hall–Kier alpha value is -4.50. The molecule has 1 amide bonds. The van der Waals surface area contributed by atoms with Crippen LogP contribution in [0.3, 0.4) is 0 Å². The third kappa shape index (κ3) is 4.90. The van der Waals surface area contributed by atoms with Crippen molar-refractivity contribution in [1.82, 2.24) is 24.4 Å². The van der Waals surface area contributed by atoms with Gasteiger partial charge < -0.3 is 25.4 Å². The Bertz CT molecular complexity index is 1770. The molecule has 4 aliphatic heterocycles. The quantitative estimate of drug-likeness (QED) is 0.311. The van der Waals surface area contributed by atoms with Crippen molar-refractivity contribution in [3.63, 3.8) is 0 Å². The van der Waals surface area contributed by atoms with Crippen molar-refractivity contribution in [2.75, 3.05) is 44.2 Å². The molecule has 1 spiro atoms. The van der Waals surface area contributed by atoms with Gasteiger partial charge in [-0.3, -0.25) is 9.69 Å². The highest BCUT2D eigenvalue weighted by Crippen LogP contribution is 2.51. The molecular formula is C34H36N8O3. The lowest BCUT2D eigenvalue weighted by atomic mass is 9.86. The third-order valence-corrected chi connectivity index (χ3v) is 10.2. The molecule has 1 aliphatic carbocycles. The van der Waals surface area contributed by atoms with E-state index in [2.05, 4.69) is 21.0 Å². The average molecular weight is 605 g/mol. The molecule has 4 atom stereocenters. The van der Waals surface area contributed by atoms with Crippen LogP contribution in [0, 0.1) is 16.7 Å². The van der Waals surface area contributed by atoms with Crippen molar-refractivity contribution in [2.45, 2.75) is 43.5 Å². The molecule has 0 radical (unpaired) electrons. The zero-order chi connectivity index (χ0) is 30.7. The van der Waals surface area contributed by atoms with E-state index in [1.165, 1.54) is 12.8 Å². The molecule has 3 unspecified atom stereocenters. The first-order valence-electron chi connectivity index (χ1n) is 15.7. The fourth-order valence-corrected chi connectivity index (χ4v) is 7.54. The molecular weight excluding hydrogens is 568 g/mol. The number of aliphatic hydroxyl groups is 1. The summed E-state index contributed by atoms with van der Waals surface area (Å²) >= 11 is 0. The Morgan fingerprint density at radius 3 is 2.62 bits per heavy atom. The number of anilines is 1. The molecule has 5 fully saturated rings. The van der Waals surface area contributed by atoms with Gasteiger partial charge in [-0.05, 0) is 48.4 Å². The zero-order valence-electron chi connectivity index (χ0n) is 25.0. The zero-order valence-corrected chi connectivity index (χ0v) is 25.0. The second-order valence-electron chi connectivity index (χ2n) is 13.0. The van der Waals surface area contributed by atoms with Crippen molar-refractivity contribution in [2.24, 2.45) is 11.1 Å². The van der Waals surface area contributed by atoms with Gasteiger partial charge in [0.1, 0.15) is 24.2 Å². The molecule has 4 saturated heterocycles. The largest absolute Gasteiger partial charge is 0.491 e. The van der Waals surface area contributed by atoms with E-state index < -0.39 is 6.10 Å². The Morgan fingerprint density at radius 1 is 1.13 bits per heavy atom. The van der Waals surface area contributed by atoms with Gasteiger partial charge in [0, 0.05) is 56.1 Å². The maximum atomic E-state index is 13.1. The van der Waals surface area contributed by atoms with E-state index in [0.717, 1.165) is 43.0 Å². The van der Waals surface area contributed by atoms with Crippen LogP contribution in [0.25, 0.3) is 16.6 Å². The summed E-state index contributed by atoms with van der Waals surface area (Å²) in [6.07, 6.45) is 7.46. The number of likely N-dealkylation sites (tertiary alicyclic amines) is 1. The molecule has 9 rings (SSSR count). The first kappa shape index (κ1) is 28.0. The Kier molecular flexibility index (Phi) is 6.75. The average Bonchev–Trinajstić information content (AvgIpc) is 3.63. The van der Waals surface area contributed by atoms with Gasteiger partial charge in [0.05, 0.1) is 35.6 Å². The van der Waals surface area contributed by atoms with Gasteiger partial charge in [-0.25, -0.2) is 9.50 Å². The number of fused-ring (bicyclic) bond motifs is 3. The fourth-order valence-electron chi connectivity index (χ4n) is 7.54. The van der Waals surface area contributed by atoms with Crippen LogP contribution in [0.1, 0.15) is 36.5 Å². The van der Waals surface area contributed by atoms with Crippen LogP contribution in [0.2, 0.25) is 0 Å². The number of ether oxygens (including phenoxy) is 1. The number of carbonyl (C=O) groups excluding carboxylic acids is 1. The number of nitrogens with two attached hydrogens (primary N) is 1. The molecule has 11 nitrogen and oxygen atoms in total. The summed E-state index contributed by atoms with van der Waals surface area (Å²) in [5, 5.41) is 24.9. The summed E-state index contributed by atoms with van der Waals surface area (Å²) in [5.41, 5.74) is 10.2. The number of aromatic nitrogens is 3. The number of piperazine rings is 1. The Morgan fingerprint density at radius 2 is 1.93 bits per heavy atom. The molecule has 230 valence electrons. The van der Waals surface area contributed by atoms with Crippen LogP contribution in [0.5, 0.6) is 5.75 Å². The number of nitriles is 1. The number of benzene rings is 1. The monoisotopic (exact) mass is 604 g/mol. The van der Waals surface area contributed by atoms with Crippen LogP contribution < -0.4 is 15.4 Å². The molecule has 4 aromatic rings. The molecule has 11 heteroatoms. The van der Waals surface area contributed by atoms with Crippen LogP contribution in [0.15, 0.2) is 67.1 Å². The topological polar surface area (TPSA) is 136 Å². The highest BCUT2D eigenvalue weighted by atomic mass is 16.5. The van der Waals surface area contributed by atoms with Crippen molar-refractivity contribution in [1.29, 1.82) is 5.26 Å². The Balaban J connectivity index is 0.963. The van der Waals surface area contributed by atoms with Gasteiger partial charge in [0.15, 0.2) is 6.10 Å². The first-order valence-corrected chi connectivity index (χ1v) is 15.7. The van der Waals surface area contributed by atoms with Crippen LogP contribution in [-0.4, -0.2) is 92.9 Å². The molecule has 3 N–H and O–H groups in total. The number of hydrogen-bond acceptors (Lipinski definition) is 9. The summed E-state index contributed by atoms with van der Waals surface area (Å²) < 4.78 is 7.91. The number of hydrogen-bond donors (Lipinski definition) is 2. The number of rotatable bonds is 8. The van der Waals surface area contributed by atoms with Gasteiger partial charge in [-0.2, -0.15) is 10.4 Å². The summed E-state index contributed by atoms with van der Waals surface area (Å²) in [4.78, 5) is 24.4. The number of amides is 1. The van der Waals surface area contributed by atoms with Crippen LogP contribution in [0.4, 0.5) is 5.82 Å². The molecule has 7 heterocycles. The minimum Gasteiger partial charge on any atom is -0.491 e. The number of carbonyl (C=O) groups is 1. The van der Waals surface area contributed by atoms with E-state index in [4.69, 9.17) is 15.5 Å². The normalized spacial score (nSPS) is 24.0. The van der Waals surface area contributed by atoms with Crippen molar-refractivity contribution in [3.05, 3.63) is 78.2 Å². The highest BCUT2D eigenvalue weighted by Gasteiger charge is 2.53. The fraction of sp³-hybridized carbons (Fsp3) is 0.412. The molecule has 1 aromatic carbocycles. The summed E-state index contributed by atoms with van der Waals surface area (Å²) in [6.45, 7) is 4.64. The molecule has 2 bridgehead atoms. The van der Waals surface area contributed by atoms with E-state index in [1.54, 1.807) is 22.8 Å². The van der Waals surface area contributed by atoms with Gasteiger partial charge in [0.25, 0.3) is 5.91 Å². The van der Waals surface area contributed by atoms with Gasteiger partial charge in [0.2, 0.25) is 0 Å². The number of piperidine rings is 1. The second kappa shape index (κ2) is 10.8. The summed E-state index contributed by atoms with van der Waals surface area (Å²) in [6, 6.07) is 17.7. The van der Waals surface area contributed by atoms with Crippen LogP contribution in [-0.2, 0) is 4.79 Å². The minimum absolute atomic E-state index is 0.0422. The minimum atomic E-state index is -1.15.